The normalized spacial score (nSPS) is 16.9. The molecule has 0 saturated carbocycles. The molecule has 2 heteroatoms. The highest BCUT2D eigenvalue weighted by Crippen LogP contribution is 2.28. The Morgan fingerprint density at radius 3 is 2.44 bits per heavy atom. The average molecular weight is 246 g/mol. The standard InChI is InChI=1S/C14H20N2.C2H6/c1-11(2)13-8-14(10-15-9-13)12-4-6-16(3)7-5-12;1-2/h8-10,12H,1,4-7H2,2-3H3;1-2H3. The molecule has 1 saturated heterocycles. The predicted molar refractivity (Wildman–Crippen MR) is 79.8 cm³/mol. The van der Waals surface area contributed by atoms with Gasteiger partial charge in [-0.2, -0.15) is 0 Å². The summed E-state index contributed by atoms with van der Waals surface area (Å²) < 4.78 is 0. The van der Waals surface area contributed by atoms with E-state index in [0.717, 1.165) is 5.57 Å². The van der Waals surface area contributed by atoms with Crippen LogP contribution in [0.25, 0.3) is 5.57 Å². The van der Waals surface area contributed by atoms with Crippen LogP contribution in [0, 0.1) is 0 Å². The van der Waals surface area contributed by atoms with Crippen LogP contribution in [0.4, 0.5) is 0 Å². The lowest BCUT2D eigenvalue weighted by Gasteiger charge is -2.29. The molecule has 0 N–H and O–H groups in total. The number of allylic oxidation sites excluding steroid dienone is 1. The van der Waals surface area contributed by atoms with E-state index in [4.69, 9.17) is 0 Å². The first-order valence-electron chi connectivity index (χ1n) is 6.96. The van der Waals surface area contributed by atoms with Crippen LogP contribution in [0.3, 0.4) is 0 Å². The number of rotatable bonds is 2. The van der Waals surface area contributed by atoms with Crippen LogP contribution in [0.1, 0.15) is 50.7 Å². The number of hydrogen-bond donors (Lipinski definition) is 0. The third-order valence-corrected chi connectivity index (χ3v) is 3.44. The van der Waals surface area contributed by atoms with Gasteiger partial charge < -0.3 is 4.90 Å². The maximum atomic E-state index is 4.33. The molecule has 0 aliphatic carbocycles. The molecule has 0 bridgehead atoms. The molecule has 0 aromatic carbocycles. The van der Waals surface area contributed by atoms with Crippen molar-refractivity contribution in [3.8, 4) is 0 Å². The SMILES string of the molecule is C=C(C)c1cncc(C2CCN(C)CC2)c1.CC. The molecule has 0 unspecified atom stereocenters. The fourth-order valence-corrected chi connectivity index (χ4v) is 2.26. The highest BCUT2D eigenvalue weighted by atomic mass is 15.1. The summed E-state index contributed by atoms with van der Waals surface area (Å²) in [6.07, 6.45) is 6.42. The molecule has 0 atom stereocenters. The lowest BCUT2D eigenvalue weighted by molar-refractivity contribution is 0.255. The molecule has 1 aromatic heterocycles. The second-order valence-corrected chi connectivity index (χ2v) is 4.86. The number of likely N-dealkylation sites (tertiary alicyclic amines) is 1. The van der Waals surface area contributed by atoms with E-state index >= 15 is 0 Å². The Kier molecular flexibility index (Phi) is 6.06. The number of piperidine rings is 1. The molecular weight excluding hydrogens is 220 g/mol. The van der Waals surface area contributed by atoms with E-state index < -0.39 is 0 Å². The van der Waals surface area contributed by atoms with Crippen molar-refractivity contribution in [3.63, 3.8) is 0 Å². The topological polar surface area (TPSA) is 16.1 Å². The molecule has 1 fully saturated rings. The zero-order valence-corrected chi connectivity index (χ0v) is 12.2. The molecule has 100 valence electrons. The van der Waals surface area contributed by atoms with E-state index in [1.54, 1.807) is 0 Å². The molecule has 2 heterocycles. The minimum Gasteiger partial charge on any atom is -0.306 e. The van der Waals surface area contributed by atoms with Gasteiger partial charge in [0.05, 0.1) is 0 Å². The highest BCUT2D eigenvalue weighted by Gasteiger charge is 2.18. The van der Waals surface area contributed by atoms with Crippen molar-refractivity contribution < 1.29 is 0 Å². The summed E-state index contributed by atoms with van der Waals surface area (Å²) in [5, 5.41) is 0. The Bertz CT molecular complexity index is 376. The van der Waals surface area contributed by atoms with Crippen LogP contribution < -0.4 is 0 Å². The van der Waals surface area contributed by atoms with Crippen LogP contribution >= 0.6 is 0 Å². The molecular formula is C16H26N2. The molecule has 2 nitrogen and oxygen atoms in total. The van der Waals surface area contributed by atoms with Crippen LogP contribution in [0.15, 0.2) is 25.0 Å². The highest BCUT2D eigenvalue weighted by molar-refractivity contribution is 5.60. The number of hydrogen-bond acceptors (Lipinski definition) is 2. The second-order valence-electron chi connectivity index (χ2n) is 4.86. The van der Waals surface area contributed by atoms with Gasteiger partial charge in [-0.3, -0.25) is 4.98 Å². The second kappa shape index (κ2) is 7.32. The summed E-state index contributed by atoms with van der Waals surface area (Å²) in [6.45, 7) is 12.4. The fourth-order valence-electron chi connectivity index (χ4n) is 2.26. The van der Waals surface area contributed by atoms with E-state index in [-0.39, 0.29) is 0 Å². The fraction of sp³-hybridized carbons (Fsp3) is 0.562. The van der Waals surface area contributed by atoms with Crippen LogP contribution in [-0.2, 0) is 0 Å². The molecule has 2 rings (SSSR count). The van der Waals surface area contributed by atoms with Gasteiger partial charge in [0.2, 0.25) is 0 Å². The average Bonchev–Trinajstić information content (AvgIpc) is 2.42. The molecule has 1 aliphatic rings. The van der Waals surface area contributed by atoms with Gasteiger partial charge in [-0.1, -0.05) is 20.4 Å². The lowest BCUT2D eigenvalue weighted by atomic mass is 9.89. The summed E-state index contributed by atoms with van der Waals surface area (Å²) >= 11 is 0. The Morgan fingerprint density at radius 2 is 1.89 bits per heavy atom. The molecule has 1 aliphatic heterocycles. The van der Waals surface area contributed by atoms with Crippen LogP contribution in [0.5, 0.6) is 0 Å². The van der Waals surface area contributed by atoms with E-state index in [1.807, 2.05) is 33.2 Å². The lowest BCUT2D eigenvalue weighted by Crippen LogP contribution is -2.29. The minimum atomic E-state index is 0.683. The van der Waals surface area contributed by atoms with Crippen LogP contribution in [0.2, 0.25) is 0 Å². The van der Waals surface area contributed by atoms with Crippen molar-refractivity contribution in [3.05, 3.63) is 36.2 Å². The van der Waals surface area contributed by atoms with Crippen LogP contribution in [-0.4, -0.2) is 30.0 Å². The minimum absolute atomic E-state index is 0.683. The third-order valence-electron chi connectivity index (χ3n) is 3.44. The Labute approximate surface area is 112 Å². The van der Waals surface area contributed by atoms with Gasteiger partial charge >= 0.3 is 0 Å². The van der Waals surface area contributed by atoms with Gasteiger partial charge in [0.25, 0.3) is 0 Å². The maximum Gasteiger partial charge on any atom is 0.0342 e. The number of aromatic nitrogens is 1. The van der Waals surface area contributed by atoms with E-state index in [9.17, 15) is 0 Å². The largest absolute Gasteiger partial charge is 0.306 e. The first-order chi connectivity index (χ1) is 8.66. The first kappa shape index (κ1) is 14.9. The van der Waals surface area contributed by atoms with Crippen molar-refractivity contribution >= 4 is 5.57 Å². The molecule has 0 amide bonds. The van der Waals surface area contributed by atoms with Crippen molar-refractivity contribution in [1.29, 1.82) is 0 Å². The van der Waals surface area contributed by atoms with Gasteiger partial charge in [0.15, 0.2) is 0 Å². The summed E-state index contributed by atoms with van der Waals surface area (Å²) in [5.74, 6) is 0.683. The molecule has 0 radical (unpaired) electrons. The molecule has 1 aromatic rings. The predicted octanol–water partition coefficient (Wildman–Crippen LogP) is 3.95. The monoisotopic (exact) mass is 246 g/mol. The zero-order chi connectivity index (χ0) is 13.5. The summed E-state index contributed by atoms with van der Waals surface area (Å²) in [4.78, 5) is 6.72. The van der Waals surface area contributed by atoms with Gasteiger partial charge in [0, 0.05) is 12.4 Å². The summed E-state index contributed by atoms with van der Waals surface area (Å²) in [7, 11) is 2.19. The summed E-state index contributed by atoms with van der Waals surface area (Å²) in [5.41, 5.74) is 3.66. The molecule has 18 heavy (non-hydrogen) atoms. The Hall–Kier alpha value is -1.15. The third kappa shape index (κ3) is 3.95. The number of nitrogens with zero attached hydrogens (tertiary/aromatic N) is 2. The first-order valence-corrected chi connectivity index (χ1v) is 6.96. The van der Waals surface area contributed by atoms with Gasteiger partial charge in [0.1, 0.15) is 0 Å². The van der Waals surface area contributed by atoms with E-state index in [0.29, 0.717) is 5.92 Å². The van der Waals surface area contributed by atoms with Crippen molar-refractivity contribution in [2.24, 2.45) is 0 Å². The Morgan fingerprint density at radius 1 is 1.28 bits per heavy atom. The summed E-state index contributed by atoms with van der Waals surface area (Å²) in [6, 6.07) is 2.26. The smallest absolute Gasteiger partial charge is 0.0342 e. The van der Waals surface area contributed by atoms with Crippen molar-refractivity contribution in [1.82, 2.24) is 9.88 Å². The van der Waals surface area contributed by atoms with Gasteiger partial charge in [-0.15, -0.1) is 0 Å². The Balaban J connectivity index is 0.000000771. The molecule has 0 spiro atoms. The van der Waals surface area contributed by atoms with Crippen molar-refractivity contribution in [2.45, 2.75) is 39.5 Å². The van der Waals surface area contributed by atoms with E-state index in [1.165, 1.54) is 37.1 Å². The maximum absolute atomic E-state index is 4.33. The van der Waals surface area contributed by atoms with Gasteiger partial charge in [-0.05, 0) is 68.6 Å². The quantitative estimate of drug-likeness (QED) is 0.785. The van der Waals surface area contributed by atoms with Gasteiger partial charge in [-0.25, -0.2) is 0 Å². The number of pyridine rings is 1. The zero-order valence-electron chi connectivity index (χ0n) is 12.2. The van der Waals surface area contributed by atoms with Crippen molar-refractivity contribution in [2.75, 3.05) is 20.1 Å². The van der Waals surface area contributed by atoms with E-state index in [2.05, 4.69) is 29.6 Å².